The highest BCUT2D eigenvalue weighted by molar-refractivity contribution is 7.89. The lowest BCUT2D eigenvalue weighted by molar-refractivity contribution is -0.127. The number of aliphatic hydroxyl groups excluding tert-OH is 1. The van der Waals surface area contributed by atoms with E-state index in [4.69, 9.17) is 10.8 Å². The number of benzene rings is 2. The number of hydrogen-bond donors (Lipinski definition) is 2. The number of likely N-dealkylation sites (N-methyl/N-ethyl adjacent to an activating group) is 1. The third-order valence-electron chi connectivity index (χ3n) is 5.84. The standard InChI is InChI=1S/C26H34N4O4S/c1-4-11-30(12-5-2)26(32)22-15-21-10-9-20(17-24(21)28-25(27)18-22)19-7-6-8-23(16-19)35(33,34)29(3)13-14-31/h6-10,15-17,31H,4-5,11-14,18H2,1-3H3,(H2,27,28). The van der Waals surface area contributed by atoms with Crippen LogP contribution in [0.15, 0.2) is 57.9 Å². The van der Waals surface area contributed by atoms with Crippen molar-refractivity contribution >= 4 is 33.5 Å². The van der Waals surface area contributed by atoms with Gasteiger partial charge in [-0.2, -0.15) is 4.31 Å². The Morgan fingerprint density at radius 2 is 1.74 bits per heavy atom. The van der Waals surface area contributed by atoms with Gasteiger partial charge in [-0.25, -0.2) is 13.4 Å². The van der Waals surface area contributed by atoms with Crippen LogP contribution in [-0.2, 0) is 14.8 Å². The Morgan fingerprint density at radius 1 is 1.06 bits per heavy atom. The second-order valence-electron chi connectivity index (χ2n) is 8.59. The zero-order valence-corrected chi connectivity index (χ0v) is 21.4. The number of aliphatic hydroxyl groups is 1. The first-order valence-electron chi connectivity index (χ1n) is 11.9. The Labute approximate surface area is 207 Å². The lowest BCUT2D eigenvalue weighted by atomic mass is 10.0. The van der Waals surface area contributed by atoms with Crippen molar-refractivity contribution in [3.05, 3.63) is 53.6 Å². The molecule has 1 aliphatic rings. The molecule has 0 aliphatic carbocycles. The van der Waals surface area contributed by atoms with Gasteiger partial charge in [0.1, 0.15) is 5.84 Å². The molecule has 0 unspecified atom stereocenters. The Kier molecular flexibility index (Phi) is 8.82. The van der Waals surface area contributed by atoms with Crippen LogP contribution in [0.3, 0.4) is 0 Å². The summed E-state index contributed by atoms with van der Waals surface area (Å²) in [6, 6.07) is 12.3. The molecular weight excluding hydrogens is 464 g/mol. The molecule has 2 aromatic rings. The number of carbonyl (C=O) groups is 1. The average Bonchev–Trinajstić information content (AvgIpc) is 3.01. The molecule has 35 heavy (non-hydrogen) atoms. The molecule has 3 rings (SSSR count). The highest BCUT2D eigenvalue weighted by Gasteiger charge is 2.22. The summed E-state index contributed by atoms with van der Waals surface area (Å²) in [4.78, 5) is 19.7. The molecule has 0 aromatic heterocycles. The van der Waals surface area contributed by atoms with Crippen molar-refractivity contribution in [2.75, 3.05) is 33.3 Å². The fraction of sp³-hybridized carbons (Fsp3) is 0.385. The van der Waals surface area contributed by atoms with Gasteiger partial charge in [0.25, 0.3) is 0 Å². The van der Waals surface area contributed by atoms with E-state index in [1.165, 1.54) is 13.1 Å². The number of amidine groups is 1. The number of amides is 1. The first kappa shape index (κ1) is 26.6. The van der Waals surface area contributed by atoms with Crippen molar-refractivity contribution in [3.8, 4) is 11.1 Å². The van der Waals surface area contributed by atoms with E-state index in [-0.39, 0.29) is 30.4 Å². The molecule has 0 radical (unpaired) electrons. The fourth-order valence-electron chi connectivity index (χ4n) is 4.04. The van der Waals surface area contributed by atoms with Crippen molar-refractivity contribution in [3.63, 3.8) is 0 Å². The third kappa shape index (κ3) is 6.17. The van der Waals surface area contributed by atoms with Gasteiger partial charge >= 0.3 is 0 Å². The molecule has 0 saturated carbocycles. The topological polar surface area (TPSA) is 116 Å². The predicted octanol–water partition coefficient (Wildman–Crippen LogP) is 3.39. The molecule has 1 aliphatic heterocycles. The molecule has 0 atom stereocenters. The van der Waals surface area contributed by atoms with Crippen LogP contribution in [0.4, 0.5) is 5.69 Å². The number of fused-ring (bicyclic) bond motifs is 1. The normalized spacial score (nSPS) is 13.6. The summed E-state index contributed by atoms with van der Waals surface area (Å²) in [7, 11) is -2.29. The minimum absolute atomic E-state index is 0.0146. The maximum Gasteiger partial charge on any atom is 0.250 e. The molecule has 9 heteroatoms. The first-order valence-corrected chi connectivity index (χ1v) is 13.3. The van der Waals surface area contributed by atoms with Crippen LogP contribution in [0, 0.1) is 0 Å². The molecule has 188 valence electrons. The maximum atomic E-state index is 13.2. The van der Waals surface area contributed by atoms with Crippen LogP contribution in [-0.4, -0.2) is 67.8 Å². The quantitative estimate of drug-likeness (QED) is 0.521. The first-order chi connectivity index (χ1) is 16.7. The average molecular weight is 499 g/mol. The van der Waals surface area contributed by atoms with Gasteiger partial charge in [0.15, 0.2) is 0 Å². The van der Waals surface area contributed by atoms with Crippen molar-refractivity contribution in [1.82, 2.24) is 9.21 Å². The number of nitrogens with zero attached hydrogens (tertiary/aromatic N) is 3. The highest BCUT2D eigenvalue weighted by atomic mass is 32.2. The van der Waals surface area contributed by atoms with Gasteiger partial charge in [-0.05, 0) is 48.2 Å². The van der Waals surface area contributed by atoms with Crippen LogP contribution >= 0.6 is 0 Å². The van der Waals surface area contributed by atoms with Gasteiger partial charge in [-0.3, -0.25) is 4.79 Å². The summed E-state index contributed by atoms with van der Waals surface area (Å²) in [5.74, 6) is 0.337. The Morgan fingerprint density at radius 3 is 2.40 bits per heavy atom. The zero-order chi connectivity index (χ0) is 25.6. The Hall–Kier alpha value is -3.01. The second kappa shape index (κ2) is 11.6. The molecule has 0 saturated heterocycles. The van der Waals surface area contributed by atoms with Crippen LogP contribution in [0.25, 0.3) is 17.2 Å². The molecule has 0 bridgehead atoms. The van der Waals surface area contributed by atoms with Crippen molar-refractivity contribution in [2.45, 2.75) is 38.0 Å². The highest BCUT2D eigenvalue weighted by Crippen LogP contribution is 2.33. The molecule has 1 amide bonds. The third-order valence-corrected chi connectivity index (χ3v) is 7.69. The summed E-state index contributed by atoms with van der Waals surface area (Å²) in [6.07, 6.45) is 3.89. The lowest BCUT2D eigenvalue weighted by Gasteiger charge is -2.22. The Balaban J connectivity index is 1.98. The molecule has 0 fully saturated rings. The minimum atomic E-state index is -3.72. The van der Waals surface area contributed by atoms with Crippen LogP contribution in [0.1, 0.15) is 38.7 Å². The van der Waals surface area contributed by atoms with Crippen LogP contribution < -0.4 is 5.73 Å². The van der Waals surface area contributed by atoms with Gasteiger partial charge in [-0.1, -0.05) is 38.1 Å². The Bertz CT molecular complexity index is 1230. The number of nitrogens with two attached hydrogens (primary N) is 1. The van der Waals surface area contributed by atoms with Gasteiger partial charge < -0.3 is 15.7 Å². The SMILES string of the molecule is CCCN(CCC)C(=O)C1=Cc2ccc(-c3cccc(S(=O)(=O)N(C)CCO)c3)cc2N=C(N)C1. The largest absolute Gasteiger partial charge is 0.395 e. The van der Waals surface area contributed by atoms with E-state index in [1.807, 2.05) is 35.2 Å². The van der Waals surface area contributed by atoms with Crippen molar-refractivity contribution < 1.29 is 18.3 Å². The monoisotopic (exact) mass is 498 g/mol. The van der Waals surface area contributed by atoms with Gasteiger partial charge in [0.05, 0.1) is 17.2 Å². The predicted molar refractivity (Wildman–Crippen MR) is 140 cm³/mol. The van der Waals surface area contributed by atoms with Crippen LogP contribution in [0.2, 0.25) is 0 Å². The van der Waals surface area contributed by atoms with Gasteiger partial charge in [-0.15, -0.1) is 0 Å². The van der Waals surface area contributed by atoms with E-state index in [9.17, 15) is 13.2 Å². The zero-order valence-electron chi connectivity index (χ0n) is 20.6. The number of aliphatic imine (C=N–C) groups is 1. The molecule has 0 spiro atoms. The molecule has 3 N–H and O–H groups in total. The minimum Gasteiger partial charge on any atom is -0.395 e. The number of rotatable bonds is 10. The summed E-state index contributed by atoms with van der Waals surface area (Å²) in [5, 5.41) is 9.12. The number of hydrogen-bond acceptors (Lipinski definition) is 6. The van der Waals surface area contributed by atoms with Crippen molar-refractivity contribution in [2.24, 2.45) is 10.7 Å². The van der Waals surface area contributed by atoms with Crippen LogP contribution in [0.5, 0.6) is 0 Å². The van der Waals surface area contributed by atoms with E-state index in [0.717, 1.165) is 28.3 Å². The summed E-state index contributed by atoms with van der Waals surface area (Å²) < 4.78 is 26.7. The second-order valence-corrected chi connectivity index (χ2v) is 10.6. The maximum absolute atomic E-state index is 13.2. The molecule has 2 aromatic carbocycles. The number of sulfonamides is 1. The van der Waals surface area contributed by atoms with E-state index >= 15 is 0 Å². The smallest absolute Gasteiger partial charge is 0.250 e. The number of carbonyl (C=O) groups excluding carboxylic acids is 1. The van der Waals surface area contributed by atoms with E-state index in [1.54, 1.807) is 12.1 Å². The van der Waals surface area contributed by atoms with Gasteiger partial charge in [0.2, 0.25) is 15.9 Å². The van der Waals surface area contributed by atoms with E-state index in [0.29, 0.717) is 35.7 Å². The fourth-order valence-corrected chi connectivity index (χ4v) is 5.25. The summed E-state index contributed by atoms with van der Waals surface area (Å²) in [5.41, 5.74) is 9.71. The summed E-state index contributed by atoms with van der Waals surface area (Å²) >= 11 is 0. The molecule has 8 nitrogen and oxygen atoms in total. The van der Waals surface area contributed by atoms with E-state index < -0.39 is 10.0 Å². The lowest BCUT2D eigenvalue weighted by Crippen LogP contribution is -2.34. The van der Waals surface area contributed by atoms with Crippen molar-refractivity contribution in [1.29, 1.82) is 0 Å². The van der Waals surface area contributed by atoms with E-state index in [2.05, 4.69) is 18.8 Å². The summed E-state index contributed by atoms with van der Waals surface area (Å²) in [6.45, 7) is 5.25. The molecule has 1 heterocycles. The van der Waals surface area contributed by atoms with Gasteiger partial charge in [0, 0.05) is 44.2 Å². The molecular formula is C26H34N4O4S.